The molecule has 0 aromatic heterocycles. The zero-order valence-corrected chi connectivity index (χ0v) is 12.4. The molecule has 0 atom stereocenters. The predicted octanol–water partition coefficient (Wildman–Crippen LogP) is 3.33. The number of aryl methyl sites for hydroxylation is 2. The highest BCUT2D eigenvalue weighted by Gasteiger charge is 2.05. The van der Waals surface area contributed by atoms with Crippen LogP contribution in [-0.2, 0) is 0 Å². The van der Waals surface area contributed by atoms with E-state index in [-0.39, 0.29) is 0 Å². The van der Waals surface area contributed by atoms with Gasteiger partial charge in [-0.25, -0.2) is 10.2 Å². The molecule has 0 saturated carbocycles. The Labute approximate surface area is 129 Å². The number of hydrazone groups is 1. The molecule has 2 rings (SSSR count). The number of nitrogens with one attached hydrogen (secondary N) is 2. The number of rotatable bonds is 3. The van der Waals surface area contributed by atoms with Crippen LogP contribution in [0.4, 0.5) is 10.5 Å². The van der Waals surface area contributed by atoms with Gasteiger partial charge in [-0.2, -0.15) is 10.4 Å². The van der Waals surface area contributed by atoms with Crippen molar-refractivity contribution in [2.45, 2.75) is 13.8 Å². The molecular formula is C17H16N4O. The van der Waals surface area contributed by atoms with E-state index in [1.807, 2.05) is 38.1 Å². The Bertz CT molecular complexity index is 722. The fourth-order valence-corrected chi connectivity index (χ4v) is 1.96. The van der Waals surface area contributed by atoms with E-state index in [9.17, 15) is 4.79 Å². The number of carbonyl (C=O) groups is 1. The number of benzene rings is 2. The number of carbonyl (C=O) groups excluding carboxylic acids is 1. The molecule has 0 aliphatic carbocycles. The highest BCUT2D eigenvalue weighted by atomic mass is 16.2. The van der Waals surface area contributed by atoms with Gasteiger partial charge in [-0.05, 0) is 42.7 Å². The molecule has 0 spiro atoms. The summed E-state index contributed by atoms with van der Waals surface area (Å²) in [5.74, 6) is 0. The quantitative estimate of drug-likeness (QED) is 0.672. The second-order valence-corrected chi connectivity index (χ2v) is 4.82. The molecule has 2 amide bonds. The van der Waals surface area contributed by atoms with Crippen LogP contribution in [0.1, 0.15) is 22.3 Å². The summed E-state index contributed by atoms with van der Waals surface area (Å²) in [5, 5.41) is 15.4. The summed E-state index contributed by atoms with van der Waals surface area (Å²) < 4.78 is 0. The van der Waals surface area contributed by atoms with Gasteiger partial charge in [0.05, 0.1) is 17.8 Å². The first-order valence-corrected chi connectivity index (χ1v) is 6.76. The van der Waals surface area contributed by atoms with Crippen molar-refractivity contribution in [2.75, 3.05) is 5.32 Å². The second-order valence-electron chi connectivity index (χ2n) is 4.82. The maximum absolute atomic E-state index is 11.8. The van der Waals surface area contributed by atoms with Gasteiger partial charge in [0.25, 0.3) is 0 Å². The summed E-state index contributed by atoms with van der Waals surface area (Å²) in [7, 11) is 0. The predicted molar refractivity (Wildman–Crippen MR) is 86.8 cm³/mol. The number of para-hydroxylation sites is 1. The molecule has 5 nitrogen and oxygen atoms in total. The van der Waals surface area contributed by atoms with Crippen molar-refractivity contribution in [1.29, 1.82) is 5.26 Å². The lowest BCUT2D eigenvalue weighted by atomic mass is 10.1. The van der Waals surface area contributed by atoms with Crippen LogP contribution in [0.5, 0.6) is 0 Å². The molecule has 2 aromatic rings. The lowest BCUT2D eigenvalue weighted by Crippen LogP contribution is -2.25. The molecule has 0 aliphatic rings. The maximum atomic E-state index is 11.8. The first-order chi connectivity index (χ1) is 10.6. The van der Waals surface area contributed by atoms with Crippen LogP contribution in [0.2, 0.25) is 0 Å². The lowest BCUT2D eigenvalue weighted by Gasteiger charge is -2.10. The molecule has 5 heteroatoms. The van der Waals surface area contributed by atoms with Crippen LogP contribution < -0.4 is 10.7 Å². The summed E-state index contributed by atoms with van der Waals surface area (Å²) in [5.41, 5.74) is 6.57. The van der Waals surface area contributed by atoms with Crippen LogP contribution in [-0.4, -0.2) is 12.2 Å². The van der Waals surface area contributed by atoms with Gasteiger partial charge < -0.3 is 5.32 Å². The van der Waals surface area contributed by atoms with Crippen LogP contribution in [0.25, 0.3) is 0 Å². The molecule has 0 heterocycles. The van der Waals surface area contributed by atoms with Gasteiger partial charge in [0.15, 0.2) is 0 Å². The van der Waals surface area contributed by atoms with E-state index in [4.69, 9.17) is 5.26 Å². The number of hydrogen-bond donors (Lipinski definition) is 2. The van der Waals surface area contributed by atoms with E-state index in [1.165, 1.54) is 6.21 Å². The van der Waals surface area contributed by atoms with Crippen molar-refractivity contribution < 1.29 is 4.79 Å². The normalized spacial score (nSPS) is 10.2. The van der Waals surface area contributed by atoms with Gasteiger partial charge in [0.2, 0.25) is 0 Å². The van der Waals surface area contributed by atoms with Crippen LogP contribution in [0, 0.1) is 25.2 Å². The van der Waals surface area contributed by atoms with Crippen LogP contribution in [0.3, 0.4) is 0 Å². The molecule has 0 fully saturated rings. The molecule has 0 aliphatic heterocycles. The summed E-state index contributed by atoms with van der Waals surface area (Å²) >= 11 is 0. The Morgan fingerprint density at radius 3 is 2.36 bits per heavy atom. The van der Waals surface area contributed by atoms with E-state index in [2.05, 4.69) is 15.8 Å². The standard InChI is InChI=1S/C17H16N4O/c1-12-4-3-5-13(2)16(12)20-17(22)21-19-11-15-8-6-14(10-18)7-9-15/h3-9,11H,1-2H3,(H2,20,21,22). The van der Waals surface area contributed by atoms with E-state index in [1.54, 1.807) is 24.3 Å². The van der Waals surface area contributed by atoms with Crippen molar-refractivity contribution in [2.24, 2.45) is 5.10 Å². The average molecular weight is 292 g/mol. The van der Waals surface area contributed by atoms with Gasteiger partial charge in [0.1, 0.15) is 0 Å². The number of nitriles is 1. The zero-order valence-electron chi connectivity index (χ0n) is 12.4. The number of amides is 2. The molecule has 0 saturated heterocycles. The molecular weight excluding hydrogens is 276 g/mol. The van der Waals surface area contributed by atoms with Crippen molar-refractivity contribution in [1.82, 2.24) is 5.43 Å². The smallest absolute Gasteiger partial charge is 0.306 e. The minimum absolute atomic E-state index is 0.401. The van der Waals surface area contributed by atoms with E-state index in [0.29, 0.717) is 5.56 Å². The van der Waals surface area contributed by atoms with Gasteiger partial charge in [-0.3, -0.25) is 0 Å². The minimum Gasteiger partial charge on any atom is -0.306 e. The Morgan fingerprint density at radius 1 is 1.14 bits per heavy atom. The Kier molecular flexibility index (Phi) is 4.89. The number of nitrogens with zero attached hydrogens (tertiary/aromatic N) is 2. The monoisotopic (exact) mass is 292 g/mol. The molecule has 110 valence electrons. The first kappa shape index (κ1) is 15.3. The molecule has 0 radical (unpaired) electrons. The zero-order chi connectivity index (χ0) is 15.9. The minimum atomic E-state index is -0.401. The molecule has 0 bridgehead atoms. The van der Waals surface area contributed by atoms with Gasteiger partial charge in [-0.1, -0.05) is 30.3 Å². The van der Waals surface area contributed by atoms with E-state index in [0.717, 1.165) is 22.4 Å². The first-order valence-electron chi connectivity index (χ1n) is 6.76. The Hall–Kier alpha value is -3.13. The van der Waals surface area contributed by atoms with Crippen molar-refractivity contribution in [3.63, 3.8) is 0 Å². The summed E-state index contributed by atoms with van der Waals surface area (Å²) in [6, 6.07) is 14.3. The molecule has 0 unspecified atom stereocenters. The fraction of sp³-hybridized carbons (Fsp3) is 0.118. The van der Waals surface area contributed by atoms with Gasteiger partial charge in [0, 0.05) is 5.69 Å². The molecule has 2 N–H and O–H groups in total. The van der Waals surface area contributed by atoms with Crippen LogP contribution >= 0.6 is 0 Å². The topological polar surface area (TPSA) is 77.3 Å². The molecule has 2 aromatic carbocycles. The average Bonchev–Trinajstić information content (AvgIpc) is 2.52. The highest BCUT2D eigenvalue weighted by molar-refractivity contribution is 5.91. The Balaban J connectivity index is 1.95. The van der Waals surface area contributed by atoms with Crippen molar-refractivity contribution in [3.8, 4) is 6.07 Å². The number of urea groups is 1. The fourth-order valence-electron chi connectivity index (χ4n) is 1.96. The summed E-state index contributed by atoms with van der Waals surface area (Å²) in [4.78, 5) is 11.8. The third-order valence-electron chi connectivity index (χ3n) is 3.14. The van der Waals surface area contributed by atoms with Gasteiger partial charge >= 0.3 is 6.03 Å². The number of anilines is 1. The number of hydrogen-bond acceptors (Lipinski definition) is 3. The van der Waals surface area contributed by atoms with E-state index < -0.39 is 6.03 Å². The SMILES string of the molecule is Cc1cccc(C)c1NC(=O)NN=Cc1ccc(C#N)cc1. The lowest BCUT2D eigenvalue weighted by molar-refractivity contribution is 0.252. The van der Waals surface area contributed by atoms with Crippen molar-refractivity contribution in [3.05, 3.63) is 64.7 Å². The summed E-state index contributed by atoms with van der Waals surface area (Å²) in [6.45, 7) is 3.87. The highest BCUT2D eigenvalue weighted by Crippen LogP contribution is 2.18. The van der Waals surface area contributed by atoms with Crippen molar-refractivity contribution >= 4 is 17.9 Å². The third-order valence-corrected chi connectivity index (χ3v) is 3.14. The second kappa shape index (κ2) is 7.04. The van der Waals surface area contributed by atoms with Crippen LogP contribution in [0.15, 0.2) is 47.6 Å². The molecule has 22 heavy (non-hydrogen) atoms. The summed E-state index contributed by atoms with van der Waals surface area (Å²) in [6.07, 6.45) is 1.52. The maximum Gasteiger partial charge on any atom is 0.339 e. The van der Waals surface area contributed by atoms with Gasteiger partial charge in [-0.15, -0.1) is 0 Å². The Morgan fingerprint density at radius 2 is 1.77 bits per heavy atom. The largest absolute Gasteiger partial charge is 0.339 e. The van der Waals surface area contributed by atoms with E-state index >= 15 is 0 Å². The third kappa shape index (κ3) is 3.93.